The third-order valence-electron chi connectivity index (χ3n) is 5.40. The van der Waals surface area contributed by atoms with E-state index in [2.05, 4.69) is 4.98 Å². The fraction of sp³-hybridized carbons (Fsp3) is 0.476. The first kappa shape index (κ1) is 20.2. The zero-order chi connectivity index (χ0) is 20.4. The van der Waals surface area contributed by atoms with Crippen LogP contribution in [0.25, 0.3) is 0 Å². The van der Waals surface area contributed by atoms with Gasteiger partial charge in [0.1, 0.15) is 5.75 Å². The first-order valence-corrected chi connectivity index (χ1v) is 11.2. The molecule has 4 rings (SSSR count). The van der Waals surface area contributed by atoms with Gasteiger partial charge < -0.3 is 9.47 Å². The first-order valence-electron chi connectivity index (χ1n) is 9.91. The summed E-state index contributed by atoms with van der Waals surface area (Å²) in [6.45, 7) is 1.61. The van der Waals surface area contributed by atoms with Gasteiger partial charge in [-0.25, -0.2) is 9.78 Å². The quantitative estimate of drug-likeness (QED) is 0.652. The monoisotopic (exact) mass is 434 g/mol. The topological polar surface area (TPSA) is 68.7 Å². The Morgan fingerprint density at radius 3 is 2.83 bits per heavy atom. The summed E-state index contributed by atoms with van der Waals surface area (Å²) >= 11 is 7.43. The van der Waals surface area contributed by atoms with E-state index in [1.54, 1.807) is 36.2 Å². The molecule has 2 heterocycles. The Morgan fingerprint density at radius 1 is 1.31 bits per heavy atom. The van der Waals surface area contributed by atoms with Gasteiger partial charge in [0, 0.05) is 29.1 Å². The average Bonchev–Trinajstić information content (AvgIpc) is 3.38. The van der Waals surface area contributed by atoms with Crippen molar-refractivity contribution >= 4 is 39.9 Å². The van der Waals surface area contributed by atoms with E-state index in [-0.39, 0.29) is 11.9 Å². The van der Waals surface area contributed by atoms with Gasteiger partial charge in [0.05, 0.1) is 0 Å². The van der Waals surface area contributed by atoms with Crippen LogP contribution in [0.2, 0.25) is 5.02 Å². The molecule has 8 heteroatoms. The number of halogens is 1. The van der Waals surface area contributed by atoms with Crippen molar-refractivity contribution in [3.05, 3.63) is 40.4 Å². The second-order valence-electron chi connectivity index (χ2n) is 7.46. The second-order valence-corrected chi connectivity index (χ2v) is 8.77. The number of hydrogen-bond donors (Lipinski definition) is 0. The van der Waals surface area contributed by atoms with Gasteiger partial charge in [-0.2, -0.15) is 0 Å². The fourth-order valence-electron chi connectivity index (χ4n) is 3.95. The highest BCUT2D eigenvalue weighted by molar-refractivity contribution is 7.13. The lowest BCUT2D eigenvalue weighted by Gasteiger charge is -2.34. The molecule has 0 N–H and O–H groups in total. The predicted octanol–water partition coefficient (Wildman–Crippen LogP) is 4.40. The van der Waals surface area contributed by atoms with E-state index in [4.69, 9.17) is 21.1 Å². The van der Waals surface area contributed by atoms with Gasteiger partial charge in [-0.1, -0.05) is 30.9 Å². The molecule has 1 aromatic heterocycles. The maximum absolute atomic E-state index is 13.2. The highest BCUT2D eigenvalue weighted by Gasteiger charge is 2.36. The van der Waals surface area contributed by atoms with Gasteiger partial charge in [0.2, 0.25) is 0 Å². The van der Waals surface area contributed by atoms with Gasteiger partial charge >= 0.3 is 5.97 Å². The number of nitrogens with zero attached hydrogens (tertiary/aromatic N) is 2. The van der Waals surface area contributed by atoms with Crippen molar-refractivity contribution in [3.8, 4) is 5.75 Å². The van der Waals surface area contributed by atoms with Crippen molar-refractivity contribution < 1.29 is 19.1 Å². The van der Waals surface area contributed by atoms with Crippen LogP contribution in [0.5, 0.6) is 5.75 Å². The van der Waals surface area contributed by atoms with Crippen LogP contribution in [0.1, 0.15) is 44.6 Å². The molecule has 1 saturated carbocycles. The number of ether oxygens (including phenoxy) is 2. The van der Waals surface area contributed by atoms with Gasteiger partial charge in [0.15, 0.2) is 17.3 Å². The average molecular weight is 435 g/mol. The number of esters is 1. The molecule has 1 fully saturated rings. The number of amides is 1. The van der Waals surface area contributed by atoms with Gasteiger partial charge in [0.25, 0.3) is 5.91 Å². The van der Waals surface area contributed by atoms with Crippen molar-refractivity contribution in [1.82, 2.24) is 4.98 Å². The van der Waals surface area contributed by atoms with E-state index >= 15 is 0 Å². The number of anilines is 1. The molecular formula is C21H23ClN2O4S. The molecule has 2 aliphatic rings. The third-order valence-corrected chi connectivity index (χ3v) is 6.41. The van der Waals surface area contributed by atoms with Crippen LogP contribution < -0.4 is 9.64 Å². The van der Waals surface area contributed by atoms with Crippen molar-refractivity contribution in [2.45, 2.75) is 63.7 Å². The molecule has 0 bridgehead atoms. The Kier molecular flexibility index (Phi) is 6.06. The summed E-state index contributed by atoms with van der Waals surface area (Å²) in [5, 5.41) is 3.10. The Bertz CT molecular complexity index is 883. The summed E-state index contributed by atoms with van der Waals surface area (Å²) in [7, 11) is 0. The SMILES string of the molecule is C[C@H](OC(=O)[C@@H]1Cc2cc(Cl)ccc2O1)C(=O)N(c1nccs1)C1CCCCC1. The smallest absolute Gasteiger partial charge is 0.348 e. The van der Waals surface area contributed by atoms with Crippen molar-refractivity contribution in [2.75, 3.05) is 4.90 Å². The second kappa shape index (κ2) is 8.71. The van der Waals surface area contributed by atoms with E-state index in [0.29, 0.717) is 22.3 Å². The molecular weight excluding hydrogens is 412 g/mol. The van der Waals surface area contributed by atoms with Crippen LogP contribution in [-0.4, -0.2) is 35.1 Å². The van der Waals surface area contributed by atoms with Crippen molar-refractivity contribution in [1.29, 1.82) is 0 Å². The van der Waals surface area contributed by atoms with E-state index < -0.39 is 18.2 Å². The molecule has 1 aromatic carbocycles. The van der Waals surface area contributed by atoms with Crippen LogP contribution in [0.15, 0.2) is 29.8 Å². The van der Waals surface area contributed by atoms with Gasteiger partial charge in [-0.15, -0.1) is 11.3 Å². The summed E-state index contributed by atoms with van der Waals surface area (Å²) in [4.78, 5) is 31.9. The Hall–Kier alpha value is -2.12. The molecule has 2 aromatic rings. The highest BCUT2D eigenvalue weighted by Crippen LogP contribution is 2.32. The Balaban J connectivity index is 1.43. The van der Waals surface area contributed by atoms with E-state index in [1.165, 1.54) is 17.8 Å². The van der Waals surface area contributed by atoms with E-state index in [1.807, 2.05) is 5.38 Å². The molecule has 0 radical (unpaired) electrons. The van der Waals surface area contributed by atoms with Crippen LogP contribution >= 0.6 is 22.9 Å². The number of fused-ring (bicyclic) bond motifs is 1. The lowest BCUT2D eigenvalue weighted by Crippen LogP contribution is -2.48. The van der Waals surface area contributed by atoms with Crippen LogP contribution in [-0.2, 0) is 20.7 Å². The van der Waals surface area contributed by atoms with Crippen molar-refractivity contribution in [2.24, 2.45) is 0 Å². The minimum atomic E-state index is -0.913. The minimum Gasteiger partial charge on any atom is -0.478 e. The van der Waals surface area contributed by atoms with Gasteiger partial charge in [-0.3, -0.25) is 9.69 Å². The predicted molar refractivity (Wildman–Crippen MR) is 112 cm³/mol. The highest BCUT2D eigenvalue weighted by atomic mass is 35.5. The number of benzene rings is 1. The normalized spacial score (nSPS) is 19.9. The molecule has 2 atom stereocenters. The van der Waals surface area contributed by atoms with Gasteiger partial charge in [-0.05, 0) is 43.5 Å². The molecule has 0 saturated heterocycles. The summed E-state index contributed by atoms with van der Waals surface area (Å²) in [6, 6.07) is 5.34. The van der Waals surface area contributed by atoms with Crippen LogP contribution in [0, 0.1) is 0 Å². The third kappa shape index (κ3) is 4.41. The molecule has 0 unspecified atom stereocenters. The number of aromatic nitrogens is 1. The number of carbonyl (C=O) groups excluding carboxylic acids is 2. The summed E-state index contributed by atoms with van der Waals surface area (Å²) in [5.74, 6) is -0.151. The van der Waals surface area contributed by atoms with Crippen LogP contribution in [0.4, 0.5) is 5.13 Å². The number of hydrogen-bond acceptors (Lipinski definition) is 6. The van der Waals surface area contributed by atoms with Crippen molar-refractivity contribution in [3.63, 3.8) is 0 Å². The largest absolute Gasteiger partial charge is 0.478 e. The number of carbonyl (C=O) groups is 2. The molecule has 1 amide bonds. The molecule has 154 valence electrons. The van der Waals surface area contributed by atoms with Crippen LogP contribution in [0.3, 0.4) is 0 Å². The fourth-order valence-corrected chi connectivity index (χ4v) is 4.86. The standard InChI is InChI=1S/C21H23ClN2O4S/c1-13(27-20(26)18-12-14-11-15(22)7-8-17(14)28-18)19(25)24(21-23-9-10-29-21)16-5-3-2-4-6-16/h7-11,13,16,18H,2-6,12H2,1H3/t13-,18-/m0/s1. The lowest BCUT2D eigenvalue weighted by atomic mass is 9.94. The number of thiazole rings is 1. The molecule has 29 heavy (non-hydrogen) atoms. The molecule has 1 aliphatic heterocycles. The molecule has 0 spiro atoms. The number of rotatable bonds is 5. The Morgan fingerprint density at radius 2 is 2.10 bits per heavy atom. The molecule has 6 nitrogen and oxygen atoms in total. The zero-order valence-electron chi connectivity index (χ0n) is 16.2. The maximum Gasteiger partial charge on any atom is 0.348 e. The first-order chi connectivity index (χ1) is 14.0. The summed E-state index contributed by atoms with van der Waals surface area (Å²) in [6.07, 6.45) is 5.63. The summed E-state index contributed by atoms with van der Waals surface area (Å²) in [5.41, 5.74) is 0.866. The zero-order valence-corrected chi connectivity index (χ0v) is 17.7. The maximum atomic E-state index is 13.2. The summed E-state index contributed by atoms with van der Waals surface area (Å²) < 4.78 is 11.2. The van der Waals surface area contributed by atoms with E-state index in [9.17, 15) is 9.59 Å². The van der Waals surface area contributed by atoms with E-state index in [0.717, 1.165) is 31.2 Å². The Labute approximate surface area is 178 Å². The molecule has 1 aliphatic carbocycles. The minimum absolute atomic E-state index is 0.0951. The lowest BCUT2D eigenvalue weighted by molar-refractivity contribution is -0.160.